The minimum atomic E-state index is -0.141. The number of aromatic nitrogens is 1. The second kappa shape index (κ2) is 9.39. The molecule has 2 heterocycles. The van der Waals surface area contributed by atoms with Crippen molar-refractivity contribution in [2.75, 3.05) is 18.4 Å². The Morgan fingerprint density at radius 2 is 1.58 bits per heavy atom. The maximum Gasteiger partial charge on any atom is 0.253 e. The van der Waals surface area contributed by atoms with Gasteiger partial charge in [-0.05, 0) is 56.2 Å². The fraction of sp³-hybridized carbons (Fsp3) is 0.261. The summed E-state index contributed by atoms with van der Waals surface area (Å²) >= 11 is 13.3. The van der Waals surface area contributed by atoms with Gasteiger partial charge in [0.1, 0.15) is 0 Å². The number of anilines is 1. The predicted molar refractivity (Wildman–Crippen MR) is 126 cm³/mol. The van der Waals surface area contributed by atoms with Crippen LogP contribution in [0.2, 0.25) is 10.0 Å². The van der Waals surface area contributed by atoms with Gasteiger partial charge in [-0.3, -0.25) is 9.59 Å². The second-order valence-corrected chi connectivity index (χ2v) is 9.57. The van der Waals surface area contributed by atoms with Crippen molar-refractivity contribution in [3.63, 3.8) is 0 Å². The molecule has 31 heavy (non-hydrogen) atoms. The lowest BCUT2D eigenvalue weighted by Crippen LogP contribution is -2.41. The summed E-state index contributed by atoms with van der Waals surface area (Å²) in [5.41, 5.74) is 2.42. The van der Waals surface area contributed by atoms with E-state index in [9.17, 15) is 9.59 Å². The minimum absolute atomic E-state index is 0.0290. The number of likely N-dealkylation sites (tertiary alicyclic amines) is 1. The van der Waals surface area contributed by atoms with E-state index in [4.69, 9.17) is 23.2 Å². The SMILES string of the molecule is Cc1sc(NC(=O)C2CCN(C(=O)c3ccc(Cl)cc3)CC2)nc1-c1ccc(Cl)cc1. The van der Waals surface area contributed by atoms with E-state index in [0.717, 1.165) is 16.1 Å². The molecule has 0 atom stereocenters. The Morgan fingerprint density at radius 3 is 2.19 bits per heavy atom. The van der Waals surface area contributed by atoms with Gasteiger partial charge >= 0.3 is 0 Å². The first kappa shape index (κ1) is 21.8. The standard InChI is InChI=1S/C23H21Cl2N3O2S/c1-14-20(15-2-6-18(24)7-3-15)26-23(31-14)27-21(29)16-10-12-28(13-11-16)22(30)17-4-8-19(25)9-5-17/h2-9,16H,10-13H2,1H3,(H,26,27,29). The van der Waals surface area contributed by atoms with Gasteiger partial charge in [-0.2, -0.15) is 0 Å². The van der Waals surface area contributed by atoms with Crippen LogP contribution in [-0.4, -0.2) is 34.8 Å². The van der Waals surface area contributed by atoms with Gasteiger partial charge in [0.05, 0.1) is 5.69 Å². The first-order valence-corrected chi connectivity index (χ1v) is 11.6. The highest BCUT2D eigenvalue weighted by molar-refractivity contribution is 7.16. The fourth-order valence-corrected chi connectivity index (χ4v) is 4.74. The monoisotopic (exact) mass is 473 g/mol. The number of carbonyl (C=O) groups is 2. The van der Waals surface area contributed by atoms with E-state index in [1.165, 1.54) is 11.3 Å². The van der Waals surface area contributed by atoms with E-state index in [1.807, 2.05) is 31.2 Å². The zero-order chi connectivity index (χ0) is 22.0. The summed E-state index contributed by atoms with van der Waals surface area (Å²) in [4.78, 5) is 32.8. The first-order chi connectivity index (χ1) is 14.9. The molecule has 160 valence electrons. The number of aryl methyl sites for hydroxylation is 1. The molecular formula is C23H21Cl2N3O2S. The van der Waals surface area contributed by atoms with E-state index in [2.05, 4.69) is 10.3 Å². The van der Waals surface area contributed by atoms with Crippen LogP contribution in [0, 0.1) is 12.8 Å². The molecule has 3 aromatic rings. The molecule has 5 nitrogen and oxygen atoms in total. The molecular weight excluding hydrogens is 453 g/mol. The maximum absolute atomic E-state index is 12.8. The number of amides is 2. The van der Waals surface area contributed by atoms with E-state index in [0.29, 0.717) is 46.7 Å². The molecule has 1 N–H and O–H groups in total. The molecule has 2 amide bonds. The molecule has 4 rings (SSSR count). The third-order valence-corrected chi connectivity index (χ3v) is 6.78. The molecule has 0 bridgehead atoms. The number of hydrogen-bond donors (Lipinski definition) is 1. The molecule has 0 spiro atoms. The summed E-state index contributed by atoms with van der Waals surface area (Å²) in [6.45, 7) is 3.08. The summed E-state index contributed by atoms with van der Waals surface area (Å²) < 4.78 is 0. The van der Waals surface area contributed by atoms with Gasteiger partial charge < -0.3 is 10.2 Å². The molecule has 8 heteroatoms. The van der Waals surface area contributed by atoms with Crippen LogP contribution in [0.5, 0.6) is 0 Å². The Kier molecular flexibility index (Phi) is 6.60. The van der Waals surface area contributed by atoms with Gasteiger partial charge in [0.2, 0.25) is 5.91 Å². The summed E-state index contributed by atoms with van der Waals surface area (Å²) in [5, 5.41) is 4.82. The molecule has 0 aliphatic carbocycles. The van der Waals surface area contributed by atoms with Crippen molar-refractivity contribution in [1.82, 2.24) is 9.88 Å². The number of hydrogen-bond acceptors (Lipinski definition) is 4. The van der Waals surface area contributed by atoms with Crippen LogP contribution >= 0.6 is 34.5 Å². The molecule has 0 unspecified atom stereocenters. The normalized spacial score (nSPS) is 14.5. The molecule has 0 saturated carbocycles. The average Bonchev–Trinajstić information content (AvgIpc) is 3.14. The lowest BCUT2D eigenvalue weighted by Gasteiger charge is -2.31. The molecule has 0 radical (unpaired) electrons. The fourth-order valence-electron chi connectivity index (χ4n) is 3.65. The van der Waals surface area contributed by atoms with Crippen LogP contribution in [0.3, 0.4) is 0 Å². The van der Waals surface area contributed by atoms with Gasteiger partial charge in [0.25, 0.3) is 5.91 Å². The first-order valence-electron chi connectivity index (χ1n) is 10.00. The molecule has 1 fully saturated rings. The summed E-state index contributed by atoms with van der Waals surface area (Å²) in [6, 6.07) is 14.4. The average molecular weight is 474 g/mol. The number of thiazole rings is 1. The largest absolute Gasteiger partial charge is 0.339 e. The zero-order valence-electron chi connectivity index (χ0n) is 16.9. The molecule has 2 aromatic carbocycles. The van der Waals surface area contributed by atoms with Crippen molar-refractivity contribution in [2.24, 2.45) is 5.92 Å². The highest BCUT2D eigenvalue weighted by atomic mass is 35.5. The number of carbonyl (C=O) groups excluding carboxylic acids is 2. The Hall–Kier alpha value is -2.41. The van der Waals surface area contributed by atoms with Crippen molar-refractivity contribution in [2.45, 2.75) is 19.8 Å². The van der Waals surface area contributed by atoms with E-state index in [-0.39, 0.29) is 17.7 Å². The zero-order valence-corrected chi connectivity index (χ0v) is 19.2. The van der Waals surface area contributed by atoms with E-state index < -0.39 is 0 Å². The number of rotatable bonds is 4. The Balaban J connectivity index is 1.35. The molecule has 1 aromatic heterocycles. The molecule has 1 aliphatic rings. The van der Waals surface area contributed by atoms with Crippen LogP contribution in [0.4, 0.5) is 5.13 Å². The van der Waals surface area contributed by atoms with Crippen LogP contribution < -0.4 is 5.32 Å². The van der Waals surface area contributed by atoms with Crippen molar-refractivity contribution in [1.29, 1.82) is 0 Å². The Labute approximate surface area is 195 Å². The third kappa shape index (κ3) is 5.09. The van der Waals surface area contributed by atoms with Gasteiger partial charge in [-0.25, -0.2) is 4.98 Å². The summed E-state index contributed by atoms with van der Waals surface area (Å²) in [6.07, 6.45) is 1.25. The van der Waals surface area contributed by atoms with Gasteiger partial charge in [-0.15, -0.1) is 11.3 Å². The number of benzene rings is 2. The number of nitrogens with zero attached hydrogens (tertiary/aromatic N) is 2. The summed E-state index contributed by atoms with van der Waals surface area (Å²) in [5.74, 6) is -0.217. The quantitative estimate of drug-likeness (QED) is 0.511. The van der Waals surface area contributed by atoms with E-state index >= 15 is 0 Å². The smallest absolute Gasteiger partial charge is 0.253 e. The third-order valence-electron chi connectivity index (χ3n) is 5.39. The lowest BCUT2D eigenvalue weighted by molar-refractivity contribution is -0.121. The maximum atomic E-state index is 12.8. The number of nitrogens with one attached hydrogen (secondary N) is 1. The van der Waals surface area contributed by atoms with Crippen molar-refractivity contribution in [3.05, 3.63) is 69.0 Å². The van der Waals surface area contributed by atoms with Gasteiger partial charge in [-0.1, -0.05) is 35.3 Å². The molecule has 1 aliphatic heterocycles. The minimum Gasteiger partial charge on any atom is -0.339 e. The predicted octanol–water partition coefficient (Wildman–Crippen LogP) is 5.92. The number of halogens is 2. The van der Waals surface area contributed by atoms with Crippen molar-refractivity contribution in [3.8, 4) is 11.3 Å². The van der Waals surface area contributed by atoms with Gasteiger partial charge in [0, 0.05) is 45.1 Å². The summed E-state index contributed by atoms with van der Waals surface area (Å²) in [7, 11) is 0. The second-order valence-electron chi connectivity index (χ2n) is 7.49. The van der Waals surface area contributed by atoms with Crippen LogP contribution in [-0.2, 0) is 4.79 Å². The lowest BCUT2D eigenvalue weighted by atomic mass is 9.95. The van der Waals surface area contributed by atoms with Crippen LogP contribution in [0.15, 0.2) is 48.5 Å². The van der Waals surface area contributed by atoms with Gasteiger partial charge in [0.15, 0.2) is 5.13 Å². The van der Waals surface area contributed by atoms with Crippen molar-refractivity contribution >= 4 is 51.5 Å². The molecule has 1 saturated heterocycles. The van der Waals surface area contributed by atoms with Crippen LogP contribution in [0.25, 0.3) is 11.3 Å². The highest BCUT2D eigenvalue weighted by Gasteiger charge is 2.28. The number of piperidine rings is 1. The Bertz CT molecular complexity index is 1090. The topological polar surface area (TPSA) is 62.3 Å². The van der Waals surface area contributed by atoms with Crippen molar-refractivity contribution < 1.29 is 9.59 Å². The van der Waals surface area contributed by atoms with E-state index in [1.54, 1.807) is 29.2 Å². The highest BCUT2D eigenvalue weighted by Crippen LogP contribution is 2.32. The van der Waals surface area contributed by atoms with Crippen LogP contribution in [0.1, 0.15) is 28.1 Å². The Morgan fingerprint density at radius 1 is 1.00 bits per heavy atom.